The summed E-state index contributed by atoms with van der Waals surface area (Å²) in [5, 5.41) is 9.35. The van der Waals surface area contributed by atoms with Gasteiger partial charge in [-0.05, 0) is 18.9 Å². The van der Waals surface area contributed by atoms with Crippen LogP contribution < -0.4 is 0 Å². The molecule has 4 nitrogen and oxygen atoms in total. The fourth-order valence-electron chi connectivity index (χ4n) is 1.91. The van der Waals surface area contributed by atoms with Crippen molar-refractivity contribution in [3.05, 3.63) is 35.4 Å². The van der Waals surface area contributed by atoms with Crippen LogP contribution >= 0.6 is 0 Å². The molecule has 1 amide bonds. The first-order valence-corrected chi connectivity index (χ1v) is 6.04. The van der Waals surface area contributed by atoms with Gasteiger partial charge in [0.25, 0.3) is 0 Å². The topological polar surface area (TPSA) is 57.6 Å². The lowest BCUT2D eigenvalue weighted by Gasteiger charge is -2.28. The van der Waals surface area contributed by atoms with E-state index < -0.39 is 12.0 Å². The summed E-state index contributed by atoms with van der Waals surface area (Å²) in [4.78, 5) is 24.4. The fraction of sp³-hybridized carbons (Fsp3) is 0.429. The zero-order valence-electron chi connectivity index (χ0n) is 11.0. The molecule has 0 aliphatic carbocycles. The third-order valence-electron chi connectivity index (χ3n) is 2.81. The first-order valence-electron chi connectivity index (χ1n) is 6.04. The van der Waals surface area contributed by atoms with Crippen LogP contribution in [0.2, 0.25) is 0 Å². The Hall–Kier alpha value is -1.84. The second kappa shape index (κ2) is 6.19. The van der Waals surface area contributed by atoms with E-state index in [9.17, 15) is 14.7 Å². The standard InChI is InChI=1S/C14H19NO3/c1-4-9-15(11(3)16)13(14(17)18)12-7-5-10(2)6-8-12/h5-8,13H,4,9H2,1-3H3,(H,17,18). The third-order valence-corrected chi connectivity index (χ3v) is 2.81. The highest BCUT2D eigenvalue weighted by Gasteiger charge is 2.28. The zero-order valence-corrected chi connectivity index (χ0v) is 11.0. The summed E-state index contributed by atoms with van der Waals surface area (Å²) in [6.07, 6.45) is 0.731. The summed E-state index contributed by atoms with van der Waals surface area (Å²) in [6.45, 7) is 5.71. The van der Waals surface area contributed by atoms with Gasteiger partial charge in [-0.3, -0.25) is 4.79 Å². The van der Waals surface area contributed by atoms with Crippen LogP contribution in [0.5, 0.6) is 0 Å². The monoisotopic (exact) mass is 249 g/mol. The predicted octanol–water partition coefficient (Wildman–Crippen LogP) is 2.38. The van der Waals surface area contributed by atoms with Crippen molar-refractivity contribution in [3.8, 4) is 0 Å². The van der Waals surface area contributed by atoms with E-state index >= 15 is 0 Å². The lowest BCUT2D eigenvalue weighted by atomic mass is 10.0. The second-order valence-corrected chi connectivity index (χ2v) is 4.36. The van der Waals surface area contributed by atoms with Crippen molar-refractivity contribution in [2.24, 2.45) is 0 Å². The molecule has 0 saturated heterocycles. The molecule has 0 aromatic heterocycles. The predicted molar refractivity (Wildman–Crippen MR) is 69.2 cm³/mol. The summed E-state index contributed by atoms with van der Waals surface area (Å²) in [5.74, 6) is -1.22. The van der Waals surface area contributed by atoms with Gasteiger partial charge in [-0.25, -0.2) is 4.79 Å². The number of aryl methyl sites for hydroxylation is 1. The molecule has 0 radical (unpaired) electrons. The van der Waals surface area contributed by atoms with Gasteiger partial charge in [0.15, 0.2) is 6.04 Å². The molecule has 18 heavy (non-hydrogen) atoms. The molecule has 0 heterocycles. The molecule has 4 heteroatoms. The van der Waals surface area contributed by atoms with Crippen LogP contribution in [0, 0.1) is 6.92 Å². The molecular formula is C14H19NO3. The van der Waals surface area contributed by atoms with E-state index in [2.05, 4.69) is 0 Å². The van der Waals surface area contributed by atoms with Gasteiger partial charge in [-0.1, -0.05) is 36.8 Å². The second-order valence-electron chi connectivity index (χ2n) is 4.36. The van der Waals surface area contributed by atoms with Gasteiger partial charge in [0.05, 0.1) is 0 Å². The van der Waals surface area contributed by atoms with Crippen LogP contribution in [0.15, 0.2) is 24.3 Å². The number of carboxylic acid groups (broad SMARTS) is 1. The van der Waals surface area contributed by atoms with Crippen LogP contribution in [-0.4, -0.2) is 28.4 Å². The highest BCUT2D eigenvalue weighted by atomic mass is 16.4. The highest BCUT2D eigenvalue weighted by molar-refractivity contribution is 5.83. The van der Waals surface area contributed by atoms with Crippen molar-refractivity contribution in [1.29, 1.82) is 0 Å². The van der Waals surface area contributed by atoms with E-state index in [1.54, 1.807) is 12.1 Å². The quantitative estimate of drug-likeness (QED) is 0.871. The van der Waals surface area contributed by atoms with Gasteiger partial charge < -0.3 is 10.0 Å². The van der Waals surface area contributed by atoms with Gasteiger partial charge in [0, 0.05) is 13.5 Å². The third kappa shape index (κ3) is 3.32. The number of carboxylic acids is 1. The molecular weight excluding hydrogens is 230 g/mol. The number of benzene rings is 1. The number of nitrogens with zero attached hydrogens (tertiary/aromatic N) is 1. The molecule has 1 unspecified atom stereocenters. The van der Waals surface area contributed by atoms with E-state index in [4.69, 9.17) is 0 Å². The minimum absolute atomic E-state index is 0.218. The maximum Gasteiger partial charge on any atom is 0.331 e. The molecule has 0 aliphatic rings. The first-order chi connectivity index (χ1) is 8.47. The lowest BCUT2D eigenvalue weighted by molar-refractivity contribution is -0.149. The average Bonchev–Trinajstić information content (AvgIpc) is 2.30. The highest BCUT2D eigenvalue weighted by Crippen LogP contribution is 2.22. The molecule has 1 atom stereocenters. The fourth-order valence-corrected chi connectivity index (χ4v) is 1.91. The summed E-state index contributed by atoms with van der Waals surface area (Å²) >= 11 is 0. The van der Waals surface area contributed by atoms with Crippen molar-refractivity contribution >= 4 is 11.9 Å². The van der Waals surface area contributed by atoms with Crippen LogP contribution in [0.4, 0.5) is 0 Å². The Labute approximate surface area is 107 Å². The molecule has 1 rings (SSSR count). The van der Waals surface area contributed by atoms with E-state index in [1.807, 2.05) is 26.0 Å². The molecule has 0 fully saturated rings. The minimum atomic E-state index is -0.998. The minimum Gasteiger partial charge on any atom is -0.479 e. The van der Waals surface area contributed by atoms with Crippen molar-refractivity contribution in [1.82, 2.24) is 4.90 Å². The Balaban J connectivity index is 3.11. The van der Waals surface area contributed by atoms with Crippen molar-refractivity contribution in [2.75, 3.05) is 6.54 Å². The summed E-state index contributed by atoms with van der Waals surface area (Å²) in [5.41, 5.74) is 1.70. The number of aliphatic carboxylic acids is 1. The van der Waals surface area contributed by atoms with Crippen LogP contribution in [0.1, 0.15) is 37.4 Å². The number of rotatable bonds is 5. The van der Waals surface area contributed by atoms with Crippen LogP contribution in [0.3, 0.4) is 0 Å². The molecule has 0 saturated carbocycles. The van der Waals surface area contributed by atoms with Gasteiger partial charge >= 0.3 is 5.97 Å². The molecule has 0 aliphatic heterocycles. The Morgan fingerprint density at radius 2 is 1.83 bits per heavy atom. The van der Waals surface area contributed by atoms with Crippen LogP contribution in [0.25, 0.3) is 0 Å². The molecule has 1 aromatic carbocycles. The lowest BCUT2D eigenvalue weighted by Crippen LogP contribution is -2.38. The molecule has 0 bridgehead atoms. The molecule has 0 spiro atoms. The van der Waals surface area contributed by atoms with Gasteiger partial charge in [0.2, 0.25) is 5.91 Å². The van der Waals surface area contributed by atoms with E-state index in [1.165, 1.54) is 11.8 Å². The SMILES string of the molecule is CCCN(C(C)=O)C(C(=O)O)c1ccc(C)cc1. The van der Waals surface area contributed by atoms with E-state index in [0.29, 0.717) is 12.1 Å². The molecule has 98 valence electrons. The maximum absolute atomic E-state index is 11.6. The van der Waals surface area contributed by atoms with Crippen molar-refractivity contribution in [2.45, 2.75) is 33.2 Å². The maximum atomic E-state index is 11.6. The zero-order chi connectivity index (χ0) is 13.7. The number of hydrogen-bond donors (Lipinski definition) is 1. The molecule has 1 N–H and O–H groups in total. The Kier molecular flexibility index (Phi) is 4.89. The molecule has 1 aromatic rings. The number of hydrogen-bond acceptors (Lipinski definition) is 2. The van der Waals surface area contributed by atoms with Crippen molar-refractivity contribution < 1.29 is 14.7 Å². The summed E-state index contributed by atoms with van der Waals surface area (Å²) in [6, 6.07) is 6.34. The summed E-state index contributed by atoms with van der Waals surface area (Å²) < 4.78 is 0. The first kappa shape index (κ1) is 14.2. The largest absolute Gasteiger partial charge is 0.479 e. The smallest absolute Gasteiger partial charge is 0.331 e. The normalized spacial score (nSPS) is 11.9. The van der Waals surface area contributed by atoms with Crippen molar-refractivity contribution in [3.63, 3.8) is 0 Å². The van der Waals surface area contributed by atoms with E-state index in [0.717, 1.165) is 12.0 Å². The van der Waals surface area contributed by atoms with Crippen LogP contribution in [-0.2, 0) is 9.59 Å². The Morgan fingerprint density at radius 3 is 2.22 bits per heavy atom. The number of amides is 1. The van der Waals surface area contributed by atoms with Gasteiger partial charge in [0.1, 0.15) is 0 Å². The average molecular weight is 249 g/mol. The number of carbonyl (C=O) groups excluding carboxylic acids is 1. The Morgan fingerprint density at radius 1 is 1.28 bits per heavy atom. The van der Waals surface area contributed by atoms with E-state index in [-0.39, 0.29) is 5.91 Å². The Bertz CT molecular complexity index is 425. The summed E-state index contributed by atoms with van der Waals surface area (Å²) in [7, 11) is 0. The number of carbonyl (C=O) groups is 2. The van der Waals surface area contributed by atoms with Gasteiger partial charge in [-0.15, -0.1) is 0 Å². The van der Waals surface area contributed by atoms with Gasteiger partial charge in [-0.2, -0.15) is 0 Å².